The van der Waals surface area contributed by atoms with Gasteiger partial charge >= 0.3 is 0 Å². The van der Waals surface area contributed by atoms with Crippen molar-refractivity contribution in [2.24, 2.45) is 0 Å². The van der Waals surface area contributed by atoms with E-state index in [0.717, 1.165) is 50.5 Å². The molecule has 2 aliphatic rings. The molecule has 0 spiro atoms. The summed E-state index contributed by atoms with van der Waals surface area (Å²) in [5, 5.41) is 23.8. The molecule has 6 rings (SSSR count). The number of nitrogens with zero attached hydrogens (tertiary/aromatic N) is 4. The molecule has 0 radical (unpaired) electrons. The number of nitrogens with one attached hydrogen (secondary N) is 4. The van der Waals surface area contributed by atoms with Crippen LogP contribution in [-0.2, 0) is 11.1 Å². The molecule has 0 unspecified atom stereocenters. The van der Waals surface area contributed by atoms with Crippen LogP contribution in [0.2, 0.25) is 0 Å². The molecule has 0 aliphatic heterocycles. The van der Waals surface area contributed by atoms with Gasteiger partial charge in [-0.3, -0.25) is 20.0 Å². The molecular weight excluding hydrogens is 567 g/mol. The van der Waals surface area contributed by atoms with Crippen LogP contribution in [0.25, 0.3) is 0 Å². The van der Waals surface area contributed by atoms with E-state index in [1.54, 1.807) is 23.1 Å². The van der Waals surface area contributed by atoms with Gasteiger partial charge in [0.15, 0.2) is 0 Å². The van der Waals surface area contributed by atoms with Crippen molar-refractivity contribution < 1.29 is 24.4 Å². The van der Waals surface area contributed by atoms with Crippen molar-refractivity contribution in [3.05, 3.63) is 107 Å². The van der Waals surface area contributed by atoms with Gasteiger partial charge in [-0.05, 0) is 48.9 Å². The van der Waals surface area contributed by atoms with Crippen molar-refractivity contribution in [1.82, 2.24) is 30.9 Å². The molecule has 13 heteroatoms. The minimum atomic E-state index is -0.668. The topological polar surface area (TPSA) is 174 Å². The van der Waals surface area contributed by atoms with Crippen LogP contribution in [0.1, 0.15) is 76.8 Å². The van der Waals surface area contributed by atoms with Gasteiger partial charge in [0.2, 0.25) is 11.9 Å². The SMILES string of the molecule is O=C(NO)c1cnc(NC2(c3cccc(F)c3)CCCCC2)nc1.O=C(NO)c1cnc(NC2(c3ccccc3)CC2)nc1. The zero-order valence-electron chi connectivity index (χ0n) is 23.8. The number of aromatic nitrogens is 4. The Morgan fingerprint density at radius 2 is 1.11 bits per heavy atom. The molecule has 6 N–H and O–H groups in total. The Morgan fingerprint density at radius 3 is 1.57 bits per heavy atom. The number of hydroxylamine groups is 2. The number of amides is 2. The van der Waals surface area contributed by atoms with Gasteiger partial charge in [0, 0.05) is 24.8 Å². The van der Waals surface area contributed by atoms with Crippen molar-refractivity contribution in [3.63, 3.8) is 0 Å². The maximum absolute atomic E-state index is 13.7. The average molecular weight is 601 g/mol. The first-order valence-corrected chi connectivity index (χ1v) is 14.3. The van der Waals surface area contributed by atoms with Gasteiger partial charge in [0.05, 0.1) is 22.2 Å². The zero-order chi connectivity index (χ0) is 31.0. The number of anilines is 2. The molecule has 4 aromatic rings. The lowest BCUT2D eigenvalue weighted by Crippen LogP contribution is -2.38. The maximum Gasteiger partial charge on any atom is 0.277 e. The number of carbonyl (C=O) groups excluding carboxylic acids is 2. The lowest BCUT2D eigenvalue weighted by atomic mass is 9.76. The molecule has 2 aromatic heterocycles. The second kappa shape index (κ2) is 13.5. The third-order valence-corrected chi connectivity index (χ3v) is 7.89. The molecule has 2 aromatic carbocycles. The standard InChI is InChI=1S/C17H19FN4O2.C14H14N4O2/c18-14-6-4-5-13(9-14)17(7-2-1-3-8-17)21-16-19-10-12(11-20-16)15(23)22-24;19-12(18-20)10-8-15-13(16-9-10)17-14(6-7-14)11-4-2-1-3-5-11/h4-6,9-11,24H,1-3,7-8H2,(H,22,23)(H,19,20,21);1-5,8-9,20H,6-7H2,(H,18,19)(H,15,16,17). The van der Waals surface area contributed by atoms with Crippen molar-refractivity contribution in [2.75, 3.05) is 10.6 Å². The Morgan fingerprint density at radius 1 is 0.636 bits per heavy atom. The number of benzene rings is 2. The fraction of sp³-hybridized carbons (Fsp3) is 0.290. The van der Waals surface area contributed by atoms with Gasteiger partial charge in [-0.25, -0.2) is 35.3 Å². The van der Waals surface area contributed by atoms with Gasteiger partial charge < -0.3 is 10.6 Å². The van der Waals surface area contributed by atoms with Gasteiger partial charge in [-0.15, -0.1) is 0 Å². The highest BCUT2D eigenvalue weighted by Gasteiger charge is 2.44. The predicted octanol–water partition coefficient (Wildman–Crippen LogP) is 4.70. The van der Waals surface area contributed by atoms with E-state index in [0.29, 0.717) is 11.9 Å². The lowest BCUT2D eigenvalue weighted by molar-refractivity contribution is 0.0701. The van der Waals surface area contributed by atoms with Crippen LogP contribution in [0, 0.1) is 5.82 Å². The summed E-state index contributed by atoms with van der Waals surface area (Å²) in [4.78, 5) is 39.0. The molecular formula is C31H33FN8O4. The summed E-state index contributed by atoms with van der Waals surface area (Å²) < 4.78 is 13.7. The molecule has 2 amide bonds. The van der Waals surface area contributed by atoms with Crippen LogP contribution in [-0.4, -0.2) is 42.2 Å². The van der Waals surface area contributed by atoms with Gasteiger partial charge in [0.1, 0.15) is 5.82 Å². The summed E-state index contributed by atoms with van der Waals surface area (Å²) in [6.07, 6.45) is 12.4. The number of hydrogen-bond acceptors (Lipinski definition) is 10. The van der Waals surface area contributed by atoms with Crippen molar-refractivity contribution in [2.45, 2.75) is 56.0 Å². The second-order valence-electron chi connectivity index (χ2n) is 10.8. The van der Waals surface area contributed by atoms with E-state index in [1.165, 1.54) is 36.4 Å². The van der Waals surface area contributed by atoms with Crippen LogP contribution >= 0.6 is 0 Å². The molecule has 44 heavy (non-hydrogen) atoms. The summed E-state index contributed by atoms with van der Waals surface area (Å²) in [7, 11) is 0. The molecule has 2 saturated carbocycles. The fourth-order valence-electron chi connectivity index (χ4n) is 5.37. The predicted molar refractivity (Wildman–Crippen MR) is 158 cm³/mol. The monoisotopic (exact) mass is 600 g/mol. The van der Waals surface area contributed by atoms with E-state index in [1.807, 2.05) is 24.3 Å². The lowest BCUT2D eigenvalue weighted by Gasteiger charge is -2.38. The highest BCUT2D eigenvalue weighted by atomic mass is 19.1. The molecule has 2 fully saturated rings. The summed E-state index contributed by atoms with van der Waals surface area (Å²) in [6.45, 7) is 0. The Hall–Kier alpha value is -5.01. The van der Waals surface area contributed by atoms with Gasteiger partial charge in [-0.1, -0.05) is 61.7 Å². The summed E-state index contributed by atoms with van der Waals surface area (Å²) in [5.74, 6) is -0.716. The van der Waals surface area contributed by atoms with E-state index in [2.05, 4.69) is 42.7 Å². The minimum absolute atomic E-state index is 0.0952. The Kier molecular flexibility index (Phi) is 9.36. The summed E-state index contributed by atoms with van der Waals surface area (Å²) >= 11 is 0. The van der Waals surface area contributed by atoms with Crippen molar-refractivity contribution in [1.29, 1.82) is 0 Å². The number of carbonyl (C=O) groups is 2. The smallest absolute Gasteiger partial charge is 0.277 e. The number of halogens is 1. The third-order valence-electron chi connectivity index (χ3n) is 7.89. The largest absolute Gasteiger partial charge is 0.345 e. The zero-order valence-corrected chi connectivity index (χ0v) is 23.8. The van der Waals surface area contributed by atoms with Gasteiger partial charge in [-0.2, -0.15) is 0 Å². The van der Waals surface area contributed by atoms with E-state index in [9.17, 15) is 14.0 Å². The van der Waals surface area contributed by atoms with Crippen LogP contribution in [0.4, 0.5) is 16.3 Å². The number of hydrogen-bond donors (Lipinski definition) is 6. The molecule has 0 saturated heterocycles. The fourth-order valence-corrected chi connectivity index (χ4v) is 5.37. The maximum atomic E-state index is 13.7. The normalized spacial score (nSPS) is 16.0. The minimum Gasteiger partial charge on any atom is -0.345 e. The second-order valence-corrected chi connectivity index (χ2v) is 10.8. The Bertz CT molecular complexity index is 1560. The highest BCUT2D eigenvalue weighted by Crippen LogP contribution is 2.47. The summed E-state index contributed by atoms with van der Waals surface area (Å²) in [5.41, 5.74) is 5.03. The first-order valence-electron chi connectivity index (χ1n) is 14.3. The average Bonchev–Trinajstić information content (AvgIpc) is 3.86. The van der Waals surface area contributed by atoms with Crippen molar-refractivity contribution >= 4 is 23.7 Å². The Labute approximate surface area is 253 Å². The first kappa shape index (κ1) is 30.4. The van der Waals surface area contributed by atoms with Gasteiger partial charge in [0.25, 0.3) is 11.8 Å². The molecule has 2 heterocycles. The van der Waals surface area contributed by atoms with Crippen LogP contribution in [0.15, 0.2) is 79.4 Å². The first-order chi connectivity index (χ1) is 21.4. The van der Waals surface area contributed by atoms with Crippen LogP contribution in [0.3, 0.4) is 0 Å². The van der Waals surface area contributed by atoms with E-state index < -0.39 is 17.4 Å². The molecule has 228 valence electrons. The molecule has 0 bridgehead atoms. The van der Waals surface area contributed by atoms with Crippen LogP contribution in [0.5, 0.6) is 0 Å². The summed E-state index contributed by atoms with van der Waals surface area (Å²) in [6, 6.07) is 16.7. The van der Waals surface area contributed by atoms with E-state index >= 15 is 0 Å². The number of rotatable bonds is 8. The molecule has 12 nitrogen and oxygen atoms in total. The molecule has 2 aliphatic carbocycles. The highest BCUT2D eigenvalue weighted by molar-refractivity contribution is 5.93. The van der Waals surface area contributed by atoms with E-state index in [4.69, 9.17) is 10.4 Å². The Balaban J connectivity index is 0.000000177. The third kappa shape index (κ3) is 7.13. The van der Waals surface area contributed by atoms with E-state index in [-0.39, 0.29) is 22.5 Å². The van der Waals surface area contributed by atoms with Crippen LogP contribution < -0.4 is 21.6 Å². The quantitative estimate of drug-likeness (QED) is 0.123. The molecule has 0 atom stereocenters. The van der Waals surface area contributed by atoms with Crippen molar-refractivity contribution in [3.8, 4) is 0 Å².